The van der Waals surface area contributed by atoms with Crippen LogP contribution in [0.4, 0.5) is 5.82 Å². The first-order chi connectivity index (χ1) is 15.0. The van der Waals surface area contributed by atoms with E-state index < -0.39 is 6.10 Å². The quantitative estimate of drug-likeness (QED) is 0.513. The lowest BCUT2D eigenvalue weighted by Crippen LogP contribution is -2.40. The van der Waals surface area contributed by atoms with Crippen molar-refractivity contribution in [2.24, 2.45) is 5.73 Å². The number of aliphatic hydroxyl groups excluding tert-OH is 2. The largest absolute Gasteiger partial charge is 0.394 e. The summed E-state index contributed by atoms with van der Waals surface area (Å²) in [5.41, 5.74) is 8.60. The topological polar surface area (TPSA) is 148 Å². The molecular weight excluding hydrogens is 414 g/mol. The molecule has 4 N–H and O–H groups in total. The van der Waals surface area contributed by atoms with Gasteiger partial charge < -0.3 is 20.8 Å². The maximum Gasteiger partial charge on any atom is 0.148 e. The Bertz CT molecular complexity index is 987. The molecule has 2 aromatic rings. The van der Waals surface area contributed by atoms with Gasteiger partial charge in [0.15, 0.2) is 0 Å². The highest BCUT2D eigenvalue weighted by atomic mass is 32.2. The lowest BCUT2D eigenvalue weighted by atomic mass is 10.00. The standard InChI is InChI=1S/C21H27N7O2S/c1-2-17-18(7-22)20(27-5-3-15(24)4-6-27)26-21(19(17)8-23)31-13-14-9-25-28(10-14)11-16(30)12-29/h9-10,15-16,29-30H,2-6,11-13,24H2,1H3. The van der Waals surface area contributed by atoms with Crippen LogP contribution in [0.2, 0.25) is 0 Å². The number of pyridine rings is 1. The van der Waals surface area contributed by atoms with Crippen molar-refractivity contribution in [2.45, 2.75) is 55.7 Å². The zero-order valence-corrected chi connectivity index (χ0v) is 18.3. The molecule has 1 unspecified atom stereocenters. The fourth-order valence-corrected chi connectivity index (χ4v) is 4.55. The van der Waals surface area contributed by atoms with Gasteiger partial charge in [-0.1, -0.05) is 6.92 Å². The highest BCUT2D eigenvalue weighted by molar-refractivity contribution is 7.98. The Kier molecular flexibility index (Phi) is 7.88. The maximum absolute atomic E-state index is 9.82. The summed E-state index contributed by atoms with van der Waals surface area (Å²) in [5, 5.41) is 43.0. The Morgan fingerprint density at radius 1 is 1.29 bits per heavy atom. The molecule has 1 fully saturated rings. The van der Waals surface area contributed by atoms with Gasteiger partial charge in [0.05, 0.1) is 36.6 Å². The predicted octanol–water partition coefficient (Wildman–Crippen LogP) is 1.16. The number of nitrogens with two attached hydrogens (primary N) is 1. The summed E-state index contributed by atoms with van der Waals surface area (Å²) in [6.07, 6.45) is 4.89. The molecule has 1 aliphatic heterocycles. The number of hydrogen-bond donors (Lipinski definition) is 3. The molecule has 1 atom stereocenters. The summed E-state index contributed by atoms with van der Waals surface area (Å²) in [5.74, 6) is 1.17. The van der Waals surface area contributed by atoms with Crippen LogP contribution in [0.25, 0.3) is 0 Å². The monoisotopic (exact) mass is 441 g/mol. The van der Waals surface area contributed by atoms with Crippen molar-refractivity contribution in [1.29, 1.82) is 10.5 Å². The van der Waals surface area contributed by atoms with E-state index in [2.05, 4.69) is 22.1 Å². The number of nitrogens with zero attached hydrogens (tertiary/aromatic N) is 6. The molecule has 164 valence electrons. The van der Waals surface area contributed by atoms with Crippen LogP contribution >= 0.6 is 11.8 Å². The molecule has 0 aromatic carbocycles. The second kappa shape index (κ2) is 10.6. The van der Waals surface area contributed by atoms with E-state index in [9.17, 15) is 15.6 Å². The molecular formula is C21H27N7O2S. The highest BCUT2D eigenvalue weighted by Gasteiger charge is 2.25. The first-order valence-electron chi connectivity index (χ1n) is 10.3. The zero-order chi connectivity index (χ0) is 22.4. The molecule has 0 aliphatic carbocycles. The van der Waals surface area contributed by atoms with Gasteiger partial charge in [-0.2, -0.15) is 15.6 Å². The third-order valence-corrected chi connectivity index (χ3v) is 6.38. The fraction of sp³-hybridized carbons (Fsp3) is 0.524. The van der Waals surface area contributed by atoms with Gasteiger partial charge >= 0.3 is 0 Å². The van der Waals surface area contributed by atoms with Crippen molar-refractivity contribution >= 4 is 17.6 Å². The van der Waals surface area contributed by atoms with E-state index in [0.717, 1.165) is 37.1 Å². The van der Waals surface area contributed by atoms with Crippen LogP contribution < -0.4 is 10.6 Å². The van der Waals surface area contributed by atoms with E-state index >= 15 is 0 Å². The maximum atomic E-state index is 9.82. The second-order valence-electron chi connectivity index (χ2n) is 7.57. The van der Waals surface area contributed by atoms with Crippen molar-refractivity contribution in [1.82, 2.24) is 14.8 Å². The third kappa shape index (κ3) is 5.35. The average molecular weight is 442 g/mol. The first kappa shape index (κ1) is 23.0. The van der Waals surface area contributed by atoms with Gasteiger partial charge in [-0.15, -0.1) is 11.8 Å². The van der Waals surface area contributed by atoms with Crippen molar-refractivity contribution in [3.8, 4) is 12.1 Å². The number of hydrogen-bond acceptors (Lipinski definition) is 9. The summed E-state index contributed by atoms with van der Waals surface area (Å²) in [4.78, 5) is 6.86. The second-order valence-corrected chi connectivity index (χ2v) is 8.53. The molecule has 0 bridgehead atoms. The van der Waals surface area contributed by atoms with Gasteiger partial charge in [-0.3, -0.25) is 4.68 Å². The highest BCUT2D eigenvalue weighted by Crippen LogP contribution is 2.34. The van der Waals surface area contributed by atoms with Crippen molar-refractivity contribution < 1.29 is 10.2 Å². The summed E-state index contributed by atoms with van der Waals surface area (Å²) < 4.78 is 1.58. The third-order valence-electron chi connectivity index (χ3n) is 5.34. The minimum Gasteiger partial charge on any atom is -0.394 e. The van der Waals surface area contributed by atoms with Crippen LogP contribution in [0.1, 0.15) is 42.0 Å². The van der Waals surface area contributed by atoms with Crippen LogP contribution in [0.15, 0.2) is 17.4 Å². The molecule has 1 saturated heterocycles. The SMILES string of the molecule is CCc1c(C#N)c(SCc2cnn(CC(O)CO)c2)nc(N2CCC(N)CC2)c1C#N. The van der Waals surface area contributed by atoms with Crippen molar-refractivity contribution in [2.75, 3.05) is 24.6 Å². The molecule has 31 heavy (non-hydrogen) atoms. The summed E-state index contributed by atoms with van der Waals surface area (Å²) >= 11 is 1.43. The Morgan fingerprint density at radius 2 is 2.00 bits per heavy atom. The average Bonchev–Trinajstić information content (AvgIpc) is 3.23. The molecule has 10 heteroatoms. The molecule has 0 radical (unpaired) electrons. The van der Waals surface area contributed by atoms with Crippen LogP contribution in [-0.2, 0) is 18.7 Å². The number of aliphatic hydroxyl groups is 2. The van der Waals surface area contributed by atoms with Gasteiger partial charge in [-0.05, 0) is 24.8 Å². The number of piperidine rings is 1. The summed E-state index contributed by atoms with van der Waals surface area (Å²) in [7, 11) is 0. The van der Waals surface area contributed by atoms with E-state index in [1.54, 1.807) is 17.1 Å². The molecule has 0 amide bonds. The number of rotatable bonds is 8. The Morgan fingerprint density at radius 3 is 2.61 bits per heavy atom. The molecule has 2 aromatic heterocycles. The fourth-order valence-electron chi connectivity index (χ4n) is 3.63. The van der Waals surface area contributed by atoms with Crippen molar-refractivity contribution in [3.63, 3.8) is 0 Å². The van der Waals surface area contributed by atoms with Crippen molar-refractivity contribution in [3.05, 3.63) is 34.6 Å². The van der Waals surface area contributed by atoms with Crippen LogP contribution in [-0.4, -0.2) is 56.8 Å². The Hall–Kier alpha value is -2.63. The smallest absolute Gasteiger partial charge is 0.148 e. The van der Waals surface area contributed by atoms with E-state index in [1.165, 1.54) is 11.8 Å². The van der Waals surface area contributed by atoms with Crippen LogP contribution in [0.3, 0.4) is 0 Å². The lowest BCUT2D eigenvalue weighted by Gasteiger charge is -2.32. The van der Waals surface area contributed by atoms with E-state index in [1.807, 2.05) is 6.92 Å². The predicted molar refractivity (Wildman–Crippen MR) is 117 cm³/mol. The van der Waals surface area contributed by atoms with Crippen LogP contribution in [0, 0.1) is 22.7 Å². The van der Waals surface area contributed by atoms with Gasteiger partial charge in [0, 0.05) is 36.6 Å². The number of nitriles is 2. The molecule has 3 rings (SSSR count). The summed E-state index contributed by atoms with van der Waals surface area (Å²) in [6.45, 7) is 3.30. The van der Waals surface area contributed by atoms with Crippen LogP contribution in [0.5, 0.6) is 0 Å². The molecule has 3 heterocycles. The van der Waals surface area contributed by atoms with Gasteiger partial charge in [0.2, 0.25) is 0 Å². The van der Waals surface area contributed by atoms with E-state index in [0.29, 0.717) is 34.1 Å². The molecule has 9 nitrogen and oxygen atoms in total. The minimum absolute atomic E-state index is 0.167. The van der Waals surface area contributed by atoms with Gasteiger partial charge in [0.1, 0.15) is 23.0 Å². The zero-order valence-electron chi connectivity index (χ0n) is 17.5. The van der Waals surface area contributed by atoms with E-state index in [4.69, 9.17) is 15.8 Å². The first-order valence-corrected chi connectivity index (χ1v) is 11.3. The summed E-state index contributed by atoms with van der Waals surface area (Å²) in [6, 6.07) is 4.69. The van der Waals surface area contributed by atoms with Gasteiger partial charge in [-0.25, -0.2) is 4.98 Å². The van der Waals surface area contributed by atoms with E-state index in [-0.39, 0.29) is 19.2 Å². The Labute approximate surface area is 186 Å². The normalized spacial score (nSPS) is 15.5. The number of aromatic nitrogens is 3. The Balaban J connectivity index is 1.88. The van der Waals surface area contributed by atoms with Gasteiger partial charge in [0.25, 0.3) is 0 Å². The molecule has 0 saturated carbocycles. The number of anilines is 1. The number of thioether (sulfide) groups is 1. The molecule has 1 aliphatic rings. The lowest BCUT2D eigenvalue weighted by molar-refractivity contribution is 0.0782. The minimum atomic E-state index is -0.863. The molecule has 0 spiro atoms.